The highest BCUT2D eigenvalue weighted by atomic mass is 32.1. The first-order chi connectivity index (χ1) is 7.15. The summed E-state index contributed by atoms with van der Waals surface area (Å²) in [5, 5.41) is 11.3. The summed E-state index contributed by atoms with van der Waals surface area (Å²) in [6.07, 6.45) is 1.94. The van der Waals surface area contributed by atoms with Crippen LogP contribution in [0.1, 0.15) is 19.5 Å². The van der Waals surface area contributed by atoms with Gasteiger partial charge in [0.1, 0.15) is 0 Å². The van der Waals surface area contributed by atoms with Crippen LogP contribution in [0.4, 0.5) is 5.82 Å². The molecule has 5 heteroatoms. The van der Waals surface area contributed by atoms with E-state index < -0.39 is 0 Å². The number of hydrogen-bond acceptors (Lipinski definition) is 4. The Morgan fingerprint density at radius 2 is 2.33 bits per heavy atom. The van der Waals surface area contributed by atoms with Crippen LogP contribution in [-0.4, -0.2) is 27.6 Å². The largest absolute Gasteiger partial charge is 0.390 e. The molecule has 0 saturated carbocycles. The van der Waals surface area contributed by atoms with Gasteiger partial charge >= 0.3 is 0 Å². The number of aromatic nitrogens is 2. The zero-order chi connectivity index (χ0) is 11.0. The van der Waals surface area contributed by atoms with Gasteiger partial charge in [0.25, 0.3) is 0 Å². The summed E-state index contributed by atoms with van der Waals surface area (Å²) in [5.41, 5.74) is 0.863. The number of aliphatic hydroxyl groups is 1. The number of nitrogens with zero attached hydrogens (tertiary/aromatic N) is 3. The van der Waals surface area contributed by atoms with Crippen molar-refractivity contribution in [1.82, 2.24) is 9.38 Å². The standard InChI is InChI=1S/C10H15N3OS/c1-7(2)12(3)9-8(6-14)13-4-5-15-10(13)11-9/h4-5,7,14H,6H2,1-3H3. The first-order valence-corrected chi connectivity index (χ1v) is 5.81. The number of thiazole rings is 1. The first kappa shape index (κ1) is 10.4. The van der Waals surface area contributed by atoms with Crippen LogP contribution in [0.5, 0.6) is 0 Å². The van der Waals surface area contributed by atoms with Crippen molar-refractivity contribution >= 4 is 22.1 Å². The smallest absolute Gasteiger partial charge is 0.195 e. The van der Waals surface area contributed by atoms with Gasteiger partial charge in [-0.2, -0.15) is 0 Å². The van der Waals surface area contributed by atoms with Crippen molar-refractivity contribution in [3.8, 4) is 0 Å². The highest BCUT2D eigenvalue weighted by Gasteiger charge is 2.17. The van der Waals surface area contributed by atoms with Gasteiger partial charge in [-0.1, -0.05) is 0 Å². The Balaban J connectivity index is 2.54. The van der Waals surface area contributed by atoms with Crippen molar-refractivity contribution in [3.63, 3.8) is 0 Å². The Kier molecular flexibility index (Phi) is 2.67. The molecule has 0 aliphatic rings. The molecule has 82 valence electrons. The lowest BCUT2D eigenvalue weighted by Crippen LogP contribution is -2.27. The molecule has 0 unspecified atom stereocenters. The van der Waals surface area contributed by atoms with Crippen molar-refractivity contribution in [2.45, 2.75) is 26.5 Å². The molecule has 2 heterocycles. The van der Waals surface area contributed by atoms with Crippen LogP contribution in [0.3, 0.4) is 0 Å². The molecule has 1 N–H and O–H groups in total. The zero-order valence-corrected chi connectivity index (χ0v) is 9.95. The predicted molar refractivity (Wildman–Crippen MR) is 62.5 cm³/mol. The second-order valence-electron chi connectivity index (χ2n) is 3.80. The van der Waals surface area contributed by atoms with Crippen LogP contribution >= 0.6 is 11.3 Å². The van der Waals surface area contributed by atoms with E-state index in [4.69, 9.17) is 0 Å². The van der Waals surface area contributed by atoms with Gasteiger partial charge in [0, 0.05) is 24.7 Å². The third kappa shape index (κ3) is 1.61. The lowest BCUT2D eigenvalue weighted by molar-refractivity contribution is 0.276. The molecule has 2 aromatic heterocycles. The summed E-state index contributed by atoms with van der Waals surface area (Å²) in [7, 11) is 2.00. The van der Waals surface area contributed by atoms with Crippen molar-refractivity contribution in [3.05, 3.63) is 17.3 Å². The second-order valence-corrected chi connectivity index (χ2v) is 4.67. The van der Waals surface area contributed by atoms with Crippen LogP contribution in [0.15, 0.2) is 11.6 Å². The van der Waals surface area contributed by atoms with Gasteiger partial charge in [-0.25, -0.2) is 4.98 Å². The molecular formula is C10H15N3OS. The van der Waals surface area contributed by atoms with Crippen molar-refractivity contribution in [2.24, 2.45) is 0 Å². The maximum atomic E-state index is 9.37. The van der Waals surface area contributed by atoms with Gasteiger partial charge in [-0.3, -0.25) is 4.40 Å². The highest BCUT2D eigenvalue weighted by Crippen LogP contribution is 2.24. The Morgan fingerprint density at radius 3 is 2.93 bits per heavy atom. The lowest BCUT2D eigenvalue weighted by Gasteiger charge is -2.22. The van der Waals surface area contributed by atoms with Gasteiger partial charge < -0.3 is 10.0 Å². The number of fused-ring (bicyclic) bond motifs is 1. The van der Waals surface area contributed by atoms with E-state index in [0.29, 0.717) is 6.04 Å². The van der Waals surface area contributed by atoms with E-state index in [9.17, 15) is 5.11 Å². The SMILES string of the molecule is CC(C)N(C)c1nc2sccn2c1CO. The fraction of sp³-hybridized carbons (Fsp3) is 0.500. The molecule has 0 saturated heterocycles. The maximum absolute atomic E-state index is 9.37. The van der Waals surface area contributed by atoms with Crippen LogP contribution in [0.2, 0.25) is 0 Å². The molecule has 2 rings (SSSR count). The molecular weight excluding hydrogens is 210 g/mol. The minimum absolute atomic E-state index is 0.0181. The molecule has 0 aliphatic carbocycles. The lowest BCUT2D eigenvalue weighted by atomic mass is 10.3. The van der Waals surface area contributed by atoms with Crippen LogP contribution in [0.25, 0.3) is 4.96 Å². The molecule has 15 heavy (non-hydrogen) atoms. The average Bonchev–Trinajstić information content (AvgIpc) is 2.74. The minimum atomic E-state index is 0.0181. The topological polar surface area (TPSA) is 40.8 Å². The average molecular weight is 225 g/mol. The second kappa shape index (κ2) is 3.83. The first-order valence-electron chi connectivity index (χ1n) is 4.93. The monoisotopic (exact) mass is 225 g/mol. The molecule has 0 aromatic carbocycles. The Bertz CT molecular complexity index is 460. The van der Waals surface area contributed by atoms with E-state index >= 15 is 0 Å². The number of rotatable bonds is 3. The Labute approximate surface area is 92.8 Å². The van der Waals surface area contributed by atoms with E-state index in [1.54, 1.807) is 11.3 Å². The fourth-order valence-electron chi connectivity index (χ4n) is 1.50. The third-order valence-electron chi connectivity index (χ3n) is 2.60. The fourth-order valence-corrected chi connectivity index (χ4v) is 2.22. The molecule has 0 atom stereocenters. The molecule has 0 spiro atoms. The quantitative estimate of drug-likeness (QED) is 0.865. The van der Waals surface area contributed by atoms with Crippen molar-refractivity contribution < 1.29 is 5.11 Å². The van der Waals surface area contributed by atoms with Gasteiger partial charge in [-0.05, 0) is 13.8 Å². The van der Waals surface area contributed by atoms with Gasteiger partial charge in [0.15, 0.2) is 10.8 Å². The normalized spacial score (nSPS) is 11.5. The Hall–Kier alpha value is -1.07. The van der Waals surface area contributed by atoms with Crippen LogP contribution < -0.4 is 4.90 Å². The molecule has 0 fully saturated rings. The molecule has 4 nitrogen and oxygen atoms in total. The number of anilines is 1. The summed E-state index contributed by atoms with van der Waals surface area (Å²) in [6, 6.07) is 0.375. The third-order valence-corrected chi connectivity index (χ3v) is 3.35. The zero-order valence-electron chi connectivity index (χ0n) is 9.14. The Morgan fingerprint density at radius 1 is 1.60 bits per heavy atom. The molecule has 2 aromatic rings. The van der Waals surface area contributed by atoms with Crippen molar-refractivity contribution in [2.75, 3.05) is 11.9 Å². The van der Waals surface area contributed by atoms with Gasteiger partial charge in [0.2, 0.25) is 0 Å². The van der Waals surface area contributed by atoms with E-state index in [0.717, 1.165) is 16.5 Å². The predicted octanol–water partition coefficient (Wildman–Crippen LogP) is 1.73. The summed E-state index contributed by atoms with van der Waals surface area (Å²) >= 11 is 1.58. The minimum Gasteiger partial charge on any atom is -0.390 e. The summed E-state index contributed by atoms with van der Waals surface area (Å²) in [4.78, 5) is 7.52. The molecule has 0 aliphatic heterocycles. The van der Waals surface area contributed by atoms with E-state index in [2.05, 4.69) is 23.7 Å². The van der Waals surface area contributed by atoms with E-state index in [1.807, 2.05) is 23.0 Å². The van der Waals surface area contributed by atoms with Crippen molar-refractivity contribution in [1.29, 1.82) is 0 Å². The summed E-state index contributed by atoms with van der Waals surface area (Å²) in [6.45, 7) is 4.23. The number of aliphatic hydroxyl groups excluding tert-OH is 1. The van der Waals surface area contributed by atoms with E-state index in [1.165, 1.54) is 0 Å². The maximum Gasteiger partial charge on any atom is 0.195 e. The molecule has 0 amide bonds. The highest BCUT2D eigenvalue weighted by molar-refractivity contribution is 7.15. The van der Waals surface area contributed by atoms with Crippen LogP contribution in [-0.2, 0) is 6.61 Å². The summed E-state index contributed by atoms with van der Waals surface area (Å²) in [5.74, 6) is 0.874. The van der Waals surface area contributed by atoms with Gasteiger partial charge in [0.05, 0.1) is 12.3 Å². The molecule has 0 bridgehead atoms. The van der Waals surface area contributed by atoms with Gasteiger partial charge in [-0.15, -0.1) is 11.3 Å². The number of imidazole rings is 1. The summed E-state index contributed by atoms with van der Waals surface area (Å²) < 4.78 is 1.94. The molecule has 0 radical (unpaired) electrons. The number of hydrogen-bond donors (Lipinski definition) is 1. The van der Waals surface area contributed by atoms with E-state index in [-0.39, 0.29) is 6.61 Å². The van der Waals surface area contributed by atoms with Crippen LogP contribution in [0, 0.1) is 0 Å².